The lowest BCUT2D eigenvalue weighted by atomic mass is 9.89. The molecule has 5 nitrogen and oxygen atoms in total. The maximum absolute atomic E-state index is 13.1. The summed E-state index contributed by atoms with van der Waals surface area (Å²) in [7, 11) is 2.98. The monoisotopic (exact) mass is 407 g/mol. The molecule has 2 aromatic carbocycles. The molecule has 0 radical (unpaired) electrons. The van der Waals surface area contributed by atoms with Gasteiger partial charge in [0.25, 0.3) is 0 Å². The molecule has 0 saturated carbocycles. The molecule has 158 valence electrons. The second kappa shape index (κ2) is 11.9. The first-order valence-electron chi connectivity index (χ1n) is 9.83. The van der Waals surface area contributed by atoms with E-state index in [1.54, 1.807) is 25.3 Å². The Balaban J connectivity index is 2.25. The highest BCUT2D eigenvalue weighted by Gasteiger charge is 2.27. The van der Waals surface area contributed by atoms with Crippen LogP contribution in [-0.4, -0.2) is 37.5 Å². The van der Waals surface area contributed by atoms with E-state index in [-0.39, 0.29) is 18.1 Å². The number of carbonyl (C=O) groups is 2. The molecule has 5 heteroatoms. The van der Waals surface area contributed by atoms with Gasteiger partial charge in [-0.05, 0) is 23.1 Å². The highest BCUT2D eigenvalue weighted by Crippen LogP contribution is 2.21. The van der Waals surface area contributed by atoms with Crippen molar-refractivity contribution in [2.24, 2.45) is 5.92 Å². The van der Waals surface area contributed by atoms with Gasteiger partial charge in [-0.15, -0.1) is 6.58 Å². The fourth-order valence-electron chi connectivity index (χ4n) is 3.23. The summed E-state index contributed by atoms with van der Waals surface area (Å²) in [6, 6.07) is 15.1. The molecule has 0 aliphatic rings. The zero-order valence-electron chi connectivity index (χ0n) is 17.7. The van der Waals surface area contributed by atoms with E-state index in [0.29, 0.717) is 25.2 Å². The van der Waals surface area contributed by atoms with Crippen molar-refractivity contribution in [2.45, 2.75) is 19.4 Å². The van der Waals surface area contributed by atoms with Crippen molar-refractivity contribution < 1.29 is 19.2 Å². The Hall–Kier alpha value is -3.02. The van der Waals surface area contributed by atoms with Gasteiger partial charge in [-0.2, -0.15) is 0 Å². The third-order valence-electron chi connectivity index (χ3n) is 4.85. The number of rotatable bonds is 12. The molecule has 0 spiro atoms. The predicted octanol–water partition coefficient (Wildman–Crippen LogP) is 4.48. The number of nitrogens with zero attached hydrogens (tertiary/aromatic N) is 1. The van der Waals surface area contributed by atoms with Crippen molar-refractivity contribution in [3.8, 4) is 0 Å². The van der Waals surface area contributed by atoms with Crippen LogP contribution in [0.5, 0.6) is 0 Å². The molecule has 0 aliphatic carbocycles. The van der Waals surface area contributed by atoms with Gasteiger partial charge in [0.1, 0.15) is 0 Å². The summed E-state index contributed by atoms with van der Waals surface area (Å²) < 4.78 is 5.51. The SMILES string of the molecule is C=CCOCc1ccccc1C(=O)C[C@@H](Cc1cccc(C=C)c1)C(=O)N(C)OC. The molecule has 1 atom stereocenters. The number of hydrogen-bond donors (Lipinski definition) is 0. The summed E-state index contributed by atoms with van der Waals surface area (Å²) >= 11 is 0. The van der Waals surface area contributed by atoms with Crippen LogP contribution in [0.1, 0.15) is 33.5 Å². The summed E-state index contributed by atoms with van der Waals surface area (Å²) in [5, 5.41) is 1.17. The van der Waals surface area contributed by atoms with Crippen molar-refractivity contribution in [1.82, 2.24) is 5.06 Å². The Labute approximate surface area is 178 Å². The molecule has 0 heterocycles. The quantitative estimate of drug-likeness (QED) is 0.225. The average molecular weight is 408 g/mol. The molecule has 0 saturated heterocycles. The summed E-state index contributed by atoms with van der Waals surface area (Å²) in [5.74, 6) is -0.893. The molecule has 2 aromatic rings. The average Bonchev–Trinajstić information content (AvgIpc) is 2.78. The first kappa shape index (κ1) is 23.3. The summed E-state index contributed by atoms with van der Waals surface area (Å²) in [6.45, 7) is 8.14. The van der Waals surface area contributed by atoms with Crippen LogP contribution in [0.3, 0.4) is 0 Å². The molecular formula is C25H29NO4. The largest absolute Gasteiger partial charge is 0.373 e. The number of benzene rings is 2. The molecule has 0 unspecified atom stereocenters. The van der Waals surface area contributed by atoms with Crippen molar-refractivity contribution in [3.05, 3.63) is 90.0 Å². The van der Waals surface area contributed by atoms with Gasteiger partial charge in [-0.3, -0.25) is 14.4 Å². The molecule has 0 N–H and O–H groups in total. The zero-order chi connectivity index (χ0) is 21.9. The third-order valence-corrected chi connectivity index (χ3v) is 4.85. The highest BCUT2D eigenvalue weighted by atomic mass is 16.7. The Morgan fingerprint density at radius 3 is 2.60 bits per heavy atom. The Morgan fingerprint density at radius 1 is 1.13 bits per heavy atom. The fraction of sp³-hybridized carbons (Fsp3) is 0.280. The van der Waals surface area contributed by atoms with E-state index in [1.165, 1.54) is 12.2 Å². The Kier molecular flexibility index (Phi) is 9.19. The smallest absolute Gasteiger partial charge is 0.249 e. The lowest BCUT2D eigenvalue weighted by Crippen LogP contribution is -2.34. The number of Topliss-reactive ketones (excluding diaryl/α,β-unsaturated/α-hetero) is 1. The van der Waals surface area contributed by atoms with Crippen LogP contribution >= 0.6 is 0 Å². The van der Waals surface area contributed by atoms with Gasteiger partial charge < -0.3 is 4.74 Å². The Morgan fingerprint density at radius 2 is 1.90 bits per heavy atom. The van der Waals surface area contributed by atoms with Crippen molar-refractivity contribution >= 4 is 17.8 Å². The van der Waals surface area contributed by atoms with E-state index in [2.05, 4.69) is 13.2 Å². The van der Waals surface area contributed by atoms with Gasteiger partial charge in [0.05, 0.1) is 26.2 Å². The van der Waals surface area contributed by atoms with Crippen LogP contribution in [0.2, 0.25) is 0 Å². The predicted molar refractivity (Wildman–Crippen MR) is 119 cm³/mol. The molecular weight excluding hydrogens is 378 g/mol. The minimum absolute atomic E-state index is 0.0727. The molecule has 1 amide bonds. The van der Waals surface area contributed by atoms with Crippen LogP contribution in [0.15, 0.2) is 67.8 Å². The normalized spacial score (nSPS) is 11.5. The molecule has 2 rings (SSSR count). The lowest BCUT2D eigenvalue weighted by molar-refractivity contribution is -0.173. The van der Waals surface area contributed by atoms with Gasteiger partial charge in [0.2, 0.25) is 5.91 Å². The summed E-state index contributed by atoms with van der Waals surface area (Å²) in [5.41, 5.74) is 3.30. The van der Waals surface area contributed by atoms with E-state index in [9.17, 15) is 9.59 Å². The van der Waals surface area contributed by atoms with Gasteiger partial charge in [-0.1, -0.05) is 67.3 Å². The Bertz CT molecular complexity index is 890. The summed E-state index contributed by atoms with van der Waals surface area (Å²) in [6.07, 6.45) is 3.92. The van der Waals surface area contributed by atoms with Crippen LogP contribution in [0, 0.1) is 5.92 Å². The third kappa shape index (κ3) is 6.51. The van der Waals surface area contributed by atoms with Crippen LogP contribution < -0.4 is 0 Å². The molecule has 0 fully saturated rings. The van der Waals surface area contributed by atoms with E-state index in [4.69, 9.17) is 9.57 Å². The molecule has 0 bridgehead atoms. The van der Waals surface area contributed by atoms with Crippen molar-refractivity contribution in [2.75, 3.05) is 20.8 Å². The zero-order valence-corrected chi connectivity index (χ0v) is 17.7. The molecule has 0 aliphatic heterocycles. The number of hydroxylamine groups is 2. The van der Waals surface area contributed by atoms with E-state index < -0.39 is 5.92 Å². The molecule has 30 heavy (non-hydrogen) atoms. The number of ether oxygens (including phenoxy) is 1. The second-order valence-corrected chi connectivity index (χ2v) is 6.96. The topological polar surface area (TPSA) is 55.8 Å². The standard InChI is InChI=1S/C25H29NO4/c1-5-14-30-18-21-12-7-8-13-23(21)24(27)17-22(25(28)26(3)29-4)16-20-11-9-10-19(6-2)15-20/h5-13,15,22H,1-2,14,16-18H2,3-4H3/t22-/m1/s1. The second-order valence-electron chi connectivity index (χ2n) is 6.96. The van der Waals surface area contributed by atoms with Gasteiger partial charge in [0, 0.05) is 19.0 Å². The fourth-order valence-corrected chi connectivity index (χ4v) is 3.23. The summed E-state index contributed by atoms with van der Waals surface area (Å²) in [4.78, 5) is 31.1. The molecule has 0 aromatic heterocycles. The van der Waals surface area contributed by atoms with Gasteiger partial charge in [-0.25, -0.2) is 5.06 Å². The maximum Gasteiger partial charge on any atom is 0.249 e. The van der Waals surface area contributed by atoms with E-state index in [1.807, 2.05) is 42.5 Å². The van der Waals surface area contributed by atoms with Crippen LogP contribution in [0.25, 0.3) is 6.08 Å². The minimum atomic E-state index is -0.551. The number of ketones is 1. The number of amides is 1. The van der Waals surface area contributed by atoms with Crippen molar-refractivity contribution in [1.29, 1.82) is 0 Å². The van der Waals surface area contributed by atoms with Crippen LogP contribution in [-0.2, 0) is 27.4 Å². The van der Waals surface area contributed by atoms with E-state index >= 15 is 0 Å². The highest BCUT2D eigenvalue weighted by molar-refractivity contribution is 5.99. The number of hydrogen-bond acceptors (Lipinski definition) is 4. The first-order chi connectivity index (χ1) is 14.5. The maximum atomic E-state index is 13.1. The minimum Gasteiger partial charge on any atom is -0.373 e. The van der Waals surface area contributed by atoms with Gasteiger partial charge >= 0.3 is 0 Å². The van der Waals surface area contributed by atoms with E-state index in [0.717, 1.165) is 16.7 Å². The lowest BCUT2D eigenvalue weighted by Gasteiger charge is -2.22. The number of carbonyl (C=O) groups excluding carboxylic acids is 2. The van der Waals surface area contributed by atoms with Gasteiger partial charge in [0.15, 0.2) is 5.78 Å². The van der Waals surface area contributed by atoms with Crippen LogP contribution in [0.4, 0.5) is 0 Å². The van der Waals surface area contributed by atoms with Crippen molar-refractivity contribution in [3.63, 3.8) is 0 Å². The first-order valence-corrected chi connectivity index (χ1v) is 9.83.